The van der Waals surface area contributed by atoms with Gasteiger partial charge >= 0.3 is 0 Å². The fourth-order valence-corrected chi connectivity index (χ4v) is 3.18. The molecule has 2 aliphatic heterocycles. The van der Waals surface area contributed by atoms with E-state index in [2.05, 4.69) is 29.6 Å². The smallest absolute Gasteiger partial charge is 0.138 e. The first-order chi connectivity index (χ1) is 7.45. The SMILES string of the molecule is c1ccc2c(c1)[NH2+]CCC2[NH+]1CCCC1. The molecule has 3 N–H and O–H groups in total. The Bertz CT molecular complexity index is 342. The van der Waals surface area contributed by atoms with E-state index in [0.717, 1.165) is 6.04 Å². The number of benzene rings is 1. The lowest BCUT2D eigenvalue weighted by Crippen LogP contribution is -3.11. The Morgan fingerprint density at radius 2 is 1.93 bits per heavy atom. The minimum Gasteiger partial charge on any atom is -0.328 e. The average molecular weight is 204 g/mol. The fraction of sp³-hybridized carbons (Fsp3) is 0.538. The number of quaternary nitrogens is 2. The largest absolute Gasteiger partial charge is 0.328 e. The molecule has 0 spiro atoms. The molecule has 0 aliphatic carbocycles. The number of para-hydroxylation sites is 1. The van der Waals surface area contributed by atoms with Crippen LogP contribution in [-0.2, 0) is 0 Å². The van der Waals surface area contributed by atoms with Crippen molar-refractivity contribution in [3.8, 4) is 0 Å². The average Bonchev–Trinajstić information content (AvgIpc) is 2.82. The Hall–Kier alpha value is -0.860. The summed E-state index contributed by atoms with van der Waals surface area (Å²) in [6.45, 7) is 4.04. The molecule has 2 heterocycles. The summed E-state index contributed by atoms with van der Waals surface area (Å²) < 4.78 is 0. The van der Waals surface area contributed by atoms with Crippen molar-refractivity contribution in [2.75, 3.05) is 19.6 Å². The van der Waals surface area contributed by atoms with Gasteiger partial charge in [0.2, 0.25) is 0 Å². The van der Waals surface area contributed by atoms with Crippen LogP contribution in [0, 0.1) is 0 Å². The predicted octanol–water partition coefficient (Wildman–Crippen LogP) is 0.00500. The minimum atomic E-state index is 0.786. The van der Waals surface area contributed by atoms with E-state index in [1.54, 1.807) is 5.56 Å². The van der Waals surface area contributed by atoms with Crippen molar-refractivity contribution in [3.05, 3.63) is 29.8 Å². The lowest BCUT2D eigenvalue weighted by molar-refractivity contribution is -0.923. The van der Waals surface area contributed by atoms with Crippen LogP contribution in [0.15, 0.2) is 24.3 Å². The number of hydrogen-bond acceptors (Lipinski definition) is 0. The van der Waals surface area contributed by atoms with Crippen LogP contribution in [0.3, 0.4) is 0 Å². The molecule has 1 fully saturated rings. The zero-order valence-electron chi connectivity index (χ0n) is 9.21. The van der Waals surface area contributed by atoms with Crippen molar-refractivity contribution in [1.29, 1.82) is 0 Å². The second-order valence-electron chi connectivity index (χ2n) is 4.83. The first kappa shape index (κ1) is 9.37. The van der Waals surface area contributed by atoms with Gasteiger partial charge in [-0.1, -0.05) is 12.1 Å². The zero-order valence-corrected chi connectivity index (χ0v) is 9.21. The Labute approximate surface area is 91.3 Å². The van der Waals surface area contributed by atoms with Gasteiger partial charge in [0, 0.05) is 12.8 Å². The summed E-state index contributed by atoms with van der Waals surface area (Å²) in [5.74, 6) is 0. The van der Waals surface area contributed by atoms with E-state index in [9.17, 15) is 0 Å². The van der Waals surface area contributed by atoms with Crippen molar-refractivity contribution in [3.63, 3.8) is 0 Å². The highest BCUT2D eigenvalue weighted by Gasteiger charge is 2.32. The molecule has 0 saturated carbocycles. The van der Waals surface area contributed by atoms with Crippen LogP contribution in [0.4, 0.5) is 5.69 Å². The van der Waals surface area contributed by atoms with E-state index in [1.165, 1.54) is 44.6 Å². The van der Waals surface area contributed by atoms with Crippen LogP contribution in [-0.4, -0.2) is 19.6 Å². The Kier molecular flexibility index (Phi) is 2.47. The quantitative estimate of drug-likeness (QED) is 0.601. The Balaban J connectivity index is 1.91. The molecule has 2 heteroatoms. The molecule has 0 radical (unpaired) electrons. The van der Waals surface area contributed by atoms with E-state index in [1.807, 2.05) is 4.90 Å². The third-order valence-electron chi connectivity index (χ3n) is 3.93. The monoisotopic (exact) mass is 204 g/mol. The van der Waals surface area contributed by atoms with Gasteiger partial charge in [0.05, 0.1) is 31.6 Å². The standard InChI is InChI=1S/C13H18N2/c1-2-6-12-11(5-1)13(7-8-14-12)15-9-3-4-10-15/h1-2,5-6,13-14H,3-4,7-10H2/p+2. The van der Waals surface area contributed by atoms with Crippen LogP contribution in [0.5, 0.6) is 0 Å². The molecule has 1 atom stereocenters. The number of fused-ring (bicyclic) bond motifs is 1. The summed E-state index contributed by atoms with van der Waals surface area (Å²) in [5.41, 5.74) is 3.09. The van der Waals surface area contributed by atoms with Gasteiger partial charge in [0.15, 0.2) is 0 Å². The van der Waals surface area contributed by atoms with Crippen LogP contribution >= 0.6 is 0 Å². The molecule has 1 saturated heterocycles. The van der Waals surface area contributed by atoms with Crippen molar-refractivity contribution in [1.82, 2.24) is 0 Å². The van der Waals surface area contributed by atoms with Crippen LogP contribution in [0.1, 0.15) is 30.9 Å². The number of hydrogen-bond donors (Lipinski definition) is 2. The lowest BCUT2D eigenvalue weighted by Gasteiger charge is -2.28. The Morgan fingerprint density at radius 3 is 2.80 bits per heavy atom. The molecule has 1 unspecified atom stereocenters. The first-order valence-electron chi connectivity index (χ1n) is 6.22. The molecule has 1 aromatic carbocycles. The van der Waals surface area contributed by atoms with Gasteiger partial charge in [-0.3, -0.25) is 0 Å². The summed E-state index contributed by atoms with van der Waals surface area (Å²) in [4.78, 5) is 1.83. The molecule has 80 valence electrons. The van der Waals surface area contributed by atoms with Gasteiger partial charge in [-0.15, -0.1) is 0 Å². The Morgan fingerprint density at radius 1 is 1.13 bits per heavy atom. The molecule has 15 heavy (non-hydrogen) atoms. The molecule has 3 rings (SSSR count). The highest BCUT2D eigenvalue weighted by Crippen LogP contribution is 2.22. The minimum absolute atomic E-state index is 0.786. The number of nitrogens with two attached hydrogens (primary N) is 1. The van der Waals surface area contributed by atoms with Crippen LogP contribution in [0.2, 0.25) is 0 Å². The second kappa shape index (κ2) is 3.95. The van der Waals surface area contributed by atoms with E-state index in [-0.39, 0.29) is 0 Å². The fourth-order valence-electron chi connectivity index (χ4n) is 3.18. The number of likely N-dealkylation sites (tertiary alicyclic amines) is 1. The first-order valence-corrected chi connectivity index (χ1v) is 6.22. The van der Waals surface area contributed by atoms with Crippen LogP contribution in [0.25, 0.3) is 0 Å². The molecule has 1 aromatic rings. The highest BCUT2D eigenvalue weighted by atomic mass is 15.2. The summed E-state index contributed by atoms with van der Waals surface area (Å²) in [7, 11) is 0. The molecular weight excluding hydrogens is 184 g/mol. The molecule has 2 aliphatic rings. The molecule has 0 amide bonds. The van der Waals surface area contributed by atoms with E-state index in [0.29, 0.717) is 0 Å². The maximum absolute atomic E-state index is 2.40. The van der Waals surface area contributed by atoms with Crippen LogP contribution < -0.4 is 10.2 Å². The van der Waals surface area contributed by atoms with Gasteiger partial charge in [0.25, 0.3) is 0 Å². The molecule has 0 aromatic heterocycles. The zero-order chi connectivity index (χ0) is 10.1. The summed E-state index contributed by atoms with van der Waals surface area (Å²) >= 11 is 0. The van der Waals surface area contributed by atoms with Gasteiger partial charge in [-0.05, 0) is 12.1 Å². The van der Waals surface area contributed by atoms with Crippen molar-refractivity contribution in [2.24, 2.45) is 0 Å². The van der Waals surface area contributed by atoms with Crippen molar-refractivity contribution < 1.29 is 10.2 Å². The summed E-state index contributed by atoms with van der Waals surface area (Å²) in [6.07, 6.45) is 4.21. The summed E-state index contributed by atoms with van der Waals surface area (Å²) in [5, 5.41) is 2.40. The van der Waals surface area contributed by atoms with E-state index < -0.39 is 0 Å². The normalized spacial score (nSPS) is 26.5. The van der Waals surface area contributed by atoms with Gasteiger partial charge < -0.3 is 10.2 Å². The van der Waals surface area contributed by atoms with Gasteiger partial charge in [0.1, 0.15) is 11.7 Å². The predicted molar refractivity (Wildman–Crippen MR) is 60.2 cm³/mol. The number of nitrogens with one attached hydrogen (secondary N) is 1. The number of rotatable bonds is 1. The van der Waals surface area contributed by atoms with E-state index in [4.69, 9.17) is 0 Å². The highest BCUT2D eigenvalue weighted by molar-refractivity contribution is 5.41. The third-order valence-corrected chi connectivity index (χ3v) is 3.93. The lowest BCUT2D eigenvalue weighted by atomic mass is 9.97. The maximum Gasteiger partial charge on any atom is 0.138 e. The van der Waals surface area contributed by atoms with E-state index >= 15 is 0 Å². The molecule has 0 bridgehead atoms. The summed E-state index contributed by atoms with van der Waals surface area (Å²) in [6, 6.07) is 9.75. The topological polar surface area (TPSA) is 21.1 Å². The third kappa shape index (κ3) is 1.68. The van der Waals surface area contributed by atoms with Crippen molar-refractivity contribution in [2.45, 2.75) is 25.3 Å². The second-order valence-corrected chi connectivity index (χ2v) is 4.83. The molecular formula is C13H20N2+2. The maximum atomic E-state index is 2.40. The van der Waals surface area contributed by atoms with Gasteiger partial charge in [-0.2, -0.15) is 0 Å². The van der Waals surface area contributed by atoms with Crippen molar-refractivity contribution >= 4 is 5.69 Å². The molecule has 2 nitrogen and oxygen atoms in total. The van der Waals surface area contributed by atoms with Gasteiger partial charge in [-0.25, -0.2) is 0 Å².